The molecule has 1 amide bonds. The number of anilines is 1. The summed E-state index contributed by atoms with van der Waals surface area (Å²) < 4.78 is 13.2. The summed E-state index contributed by atoms with van der Waals surface area (Å²) in [5.41, 5.74) is 0.900. The predicted molar refractivity (Wildman–Crippen MR) is 88.4 cm³/mol. The number of carbonyl (C=O) groups is 1. The standard InChI is InChI=1S/C15H19ClFN3O.ClH/c16-12-8-11(3-4-13(12)17)20-7-5-10(9-20)19-15(21)14-2-1-6-18-14;/h3-4,8,10,14,18H,1-2,5-7,9H2,(H,19,21);1H. The lowest BCUT2D eigenvalue weighted by Crippen LogP contribution is -2.46. The summed E-state index contributed by atoms with van der Waals surface area (Å²) in [7, 11) is 0. The highest BCUT2D eigenvalue weighted by molar-refractivity contribution is 6.31. The molecule has 0 radical (unpaired) electrons. The lowest BCUT2D eigenvalue weighted by Gasteiger charge is -2.20. The van der Waals surface area contributed by atoms with E-state index in [9.17, 15) is 9.18 Å². The van der Waals surface area contributed by atoms with Gasteiger partial charge in [0.2, 0.25) is 5.91 Å². The van der Waals surface area contributed by atoms with Crippen molar-refractivity contribution in [2.24, 2.45) is 0 Å². The molecule has 2 fully saturated rings. The van der Waals surface area contributed by atoms with Crippen LogP contribution in [0.2, 0.25) is 5.02 Å². The van der Waals surface area contributed by atoms with E-state index in [1.165, 1.54) is 6.07 Å². The average molecular weight is 348 g/mol. The second kappa shape index (κ2) is 7.49. The van der Waals surface area contributed by atoms with Crippen LogP contribution in [0.15, 0.2) is 18.2 Å². The van der Waals surface area contributed by atoms with Crippen LogP contribution in [0, 0.1) is 5.82 Å². The third-order valence-electron chi connectivity index (χ3n) is 4.18. The van der Waals surface area contributed by atoms with Crippen molar-refractivity contribution in [1.82, 2.24) is 10.6 Å². The van der Waals surface area contributed by atoms with Gasteiger partial charge in [0.1, 0.15) is 5.82 Å². The molecular weight excluding hydrogens is 328 g/mol. The van der Waals surface area contributed by atoms with Gasteiger partial charge in [-0.05, 0) is 44.0 Å². The molecule has 2 unspecified atom stereocenters. The average Bonchev–Trinajstić information content (AvgIpc) is 3.12. The van der Waals surface area contributed by atoms with E-state index >= 15 is 0 Å². The van der Waals surface area contributed by atoms with E-state index in [-0.39, 0.29) is 35.4 Å². The maximum atomic E-state index is 13.2. The molecule has 1 aromatic carbocycles. The third kappa shape index (κ3) is 3.83. The first-order valence-electron chi connectivity index (χ1n) is 7.37. The number of halogens is 3. The van der Waals surface area contributed by atoms with E-state index in [0.717, 1.165) is 44.6 Å². The topological polar surface area (TPSA) is 44.4 Å². The zero-order valence-corrected chi connectivity index (χ0v) is 13.7. The Bertz CT molecular complexity index is 538. The maximum Gasteiger partial charge on any atom is 0.237 e. The highest BCUT2D eigenvalue weighted by atomic mass is 35.5. The fraction of sp³-hybridized carbons (Fsp3) is 0.533. The van der Waals surface area contributed by atoms with E-state index in [4.69, 9.17) is 11.6 Å². The van der Waals surface area contributed by atoms with Gasteiger partial charge in [-0.15, -0.1) is 12.4 Å². The van der Waals surface area contributed by atoms with Crippen molar-refractivity contribution in [3.05, 3.63) is 29.0 Å². The van der Waals surface area contributed by atoms with Gasteiger partial charge < -0.3 is 15.5 Å². The van der Waals surface area contributed by atoms with Gasteiger partial charge >= 0.3 is 0 Å². The van der Waals surface area contributed by atoms with Crippen LogP contribution in [0.4, 0.5) is 10.1 Å². The largest absolute Gasteiger partial charge is 0.369 e. The SMILES string of the molecule is Cl.O=C(NC1CCN(c2ccc(F)c(Cl)c2)C1)C1CCCN1. The minimum absolute atomic E-state index is 0. The summed E-state index contributed by atoms with van der Waals surface area (Å²) >= 11 is 5.82. The molecule has 0 saturated carbocycles. The molecule has 2 aliphatic rings. The lowest BCUT2D eigenvalue weighted by molar-refractivity contribution is -0.123. The number of hydrogen-bond donors (Lipinski definition) is 2. The van der Waals surface area contributed by atoms with Crippen molar-refractivity contribution in [1.29, 1.82) is 0 Å². The molecule has 0 bridgehead atoms. The molecule has 2 atom stereocenters. The zero-order chi connectivity index (χ0) is 14.8. The summed E-state index contributed by atoms with van der Waals surface area (Å²) in [6, 6.07) is 4.85. The number of amides is 1. The molecule has 0 aromatic heterocycles. The molecule has 2 saturated heterocycles. The van der Waals surface area contributed by atoms with Gasteiger partial charge in [-0.3, -0.25) is 4.79 Å². The van der Waals surface area contributed by atoms with Gasteiger partial charge in [0.15, 0.2) is 0 Å². The number of nitrogens with one attached hydrogen (secondary N) is 2. The van der Waals surface area contributed by atoms with Crippen molar-refractivity contribution < 1.29 is 9.18 Å². The highest BCUT2D eigenvalue weighted by Crippen LogP contribution is 2.25. The molecular formula is C15H20Cl2FN3O. The zero-order valence-electron chi connectivity index (χ0n) is 12.1. The molecule has 0 spiro atoms. The lowest BCUT2D eigenvalue weighted by atomic mass is 10.2. The highest BCUT2D eigenvalue weighted by Gasteiger charge is 2.28. The van der Waals surface area contributed by atoms with Crippen molar-refractivity contribution in [2.75, 3.05) is 24.5 Å². The van der Waals surface area contributed by atoms with Crippen LogP contribution in [-0.2, 0) is 4.79 Å². The Morgan fingerprint density at radius 3 is 2.91 bits per heavy atom. The molecule has 2 heterocycles. The van der Waals surface area contributed by atoms with E-state index < -0.39 is 5.82 Å². The second-order valence-electron chi connectivity index (χ2n) is 5.69. The maximum absolute atomic E-state index is 13.2. The van der Waals surface area contributed by atoms with Crippen LogP contribution in [0.3, 0.4) is 0 Å². The first kappa shape index (κ1) is 17.3. The normalized spacial score (nSPS) is 24.2. The quantitative estimate of drug-likeness (QED) is 0.882. The first-order valence-corrected chi connectivity index (χ1v) is 7.75. The van der Waals surface area contributed by atoms with Gasteiger partial charge in [-0.1, -0.05) is 11.6 Å². The van der Waals surface area contributed by atoms with E-state index in [1.807, 2.05) is 0 Å². The minimum atomic E-state index is -0.406. The fourth-order valence-corrected chi connectivity index (χ4v) is 3.18. The number of rotatable bonds is 3. The molecule has 1 aromatic rings. The number of nitrogens with zero attached hydrogens (tertiary/aromatic N) is 1. The number of carbonyl (C=O) groups excluding carboxylic acids is 1. The van der Waals surface area contributed by atoms with Crippen LogP contribution in [0.1, 0.15) is 19.3 Å². The summed E-state index contributed by atoms with van der Waals surface area (Å²) in [5, 5.41) is 6.43. The smallest absolute Gasteiger partial charge is 0.237 e. The number of benzene rings is 1. The molecule has 2 N–H and O–H groups in total. The van der Waals surface area contributed by atoms with E-state index in [1.54, 1.807) is 12.1 Å². The molecule has 4 nitrogen and oxygen atoms in total. The summed E-state index contributed by atoms with van der Waals surface area (Å²) in [6.45, 7) is 2.49. The molecule has 7 heteroatoms. The summed E-state index contributed by atoms with van der Waals surface area (Å²) in [5.74, 6) is -0.312. The Hall–Kier alpha value is -1.04. The van der Waals surface area contributed by atoms with Gasteiger partial charge in [-0.25, -0.2) is 4.39 Å². The monoisotopic (exact) mass is 347 g/mol. The van der Waals surface area contributed by atoms with Gasteiger partial charge in [-0.2, -0.15) is 0 Å². The molecule has 0 aliphatic carbocycles. The Morgan fingerprint density at radius 2 is 2.23 bits per heavy atom. The van der Waals surface area contributed by atoms with Crippen LogP contribution >= 0.6 is 24.0 Å². The third-order valence-corrected chi connectivity index (χ3v) is 4.47. The van der Waals surface area contributed by atoms with Crippen molar-refractivity contribution in [2.45, 2.75) is 31.3 Å². The van der Waals surface area contributed by atoms with Crippen molar-refractivity contribution >= 4 is 35.6 Å². The molecule has 122 valence electrons. The molecule has 3 rings (SSSR count). The second-order valence-corrected chi connectivity index (χ2v) is 6.09. The fourth-order valence-electron chi connectivity index (χ4n) is 3.00. The van der Waals surface area contributed by atoms with Gasteiger partial charge in [0.25, 0.3) is 0 Å². The molecule has 2 aliphatic heterocycles. The Kier molecular flexibility index (Phi) is 5.89. The van der Waals surface area contributed by atoms with Crippen LogP contribution in [0.25, 0.3) is 0 Å². The summed E-state index contributed by atoms with van der Waals surface area (Å²) in [6.07, 6.45) is 2.87. The molecule has 22 heavy (non-hydrogen) atoms. The minimum Gasteiger partial charge on any atom is -0.369 e. The van der Waals surface area contributed by atoms with Crippen LogP contribution < -0.4 is 15.5 Å². The predicted octanol–water partition coefficient (Wildman–Crippen LogP) is 2.35. The Morgan fingerprint density at radius 1 is 1.41 bits per heavy atom. The Balaban J connectivity index is 0.00000176. The first-order chi connectivity index (χ1) is 10.1. The van der Waals surface area contributed by atoms with Crippen LogP contribution in [0.5, 0.6) is 0 Å². The summed E-state index contributed by atoms with van der Waals surface area (Å²) in [4.78, 5) is 14.2. The van der Waals surface area contributed by atoms with Gasteiger partial charge in [0, 0.05) is 24.8 Å². The van der Waals surface area contributed by atoms with Crippen molar-refractivity contribution in [3.63, 3.8) is 0 Å². The number of hydrogen-bond acceptors (Lipinski definition) is 3. The van der Waals surface area contributed by atoms with E-state index in [2.05, 4.69) is 15.5 Å². The van der Waals surface area contributed by atoms with E-state index in [0.29, 0.717) is 0 Å². The van der Waals surface area contributed by atoms with Gasteiger partial charge in [0.05, 0.1) is 11.1 Å². The van der Waals surface area contributed by atoms with Crippen LogP contribution in [-0.4, -0.2) is 37.6 Å². The Labute approximate surface area is 140 Å². The van der Waals surface area contributed by atoms with Crippen molar-refractivity contribution in [3.8, 4) is 0 Å².